The number of alkyl halides is 1. The van der Waals surface area contributed by atoms with Crippen LogP contribution in [0.5, 0.6) is 0 Å². The van der Waals surface area contributed by atoms with Gasteiger partial charge >= 0.3 is 0 Å². The molecule has 22 heavy (non-hydrogen) atoms. The largest absolute Gasteiger partial charge is 0.360 e. The summed E-state index contributed by atoms with van der Waals surface area (Å²) >= 11 is 5.70. The van der Waals surface area contributed by atoms with Crippen LogP contribution in [0, 0.1) is 0 Å². The summed E-state index contributed by atoms with van der Waals surface area (Å²) in [5.41, 5.74) is 0.928. The zero-order chi connectivity index (χ0) is 16.2. The molecule has 2 rings (SSSR count). The first kappa shape index (κ1) is 16.9. The van der Waals surface area contributed by atoms with Crippen LogP contribution in [-0.2, 0) is 17.3 Å². The van der Waals surface area contributed by atoms with Crippen molar-refractivity contribution in [3.8, 4) is 5.69 Å². The van der Waals surface area contributed by atoms with Crippen molar-refractivity contribution in [3.05, 3.63) is 40.6 Å². The predicted molar refractivity (Wildman–Crippen MR) is 89.3 cm³/mol. The molecule has 0 atom stereocenters. The molecule has 0 bridgehead atoms. The molecule has 0 aliphatic rings. The van der Waals surface area contributed by atoms with Crippen molar-refractivity contribution in [3.63, 3.8) is 0 Å². The topological polar surface area (TPSA) is 61.9 Å². The van der Waals surface area contributed by atoms with Crippen molar-refractivity contribution >= 4 is 19.7 Å². The highest BCUT2D eigenvalue weighted by molar-refractivity contribution is 6.76. The SMILES string of the molecule is C[Si](C)(C)CCOCn1cc(-n2ccc(=O)c(CCl)n2)cn1. The molecule has 0 fully saturated rings. The Balaban J connectivity index is 1.98. The lowest BCUT2D eigenvalue weighted by molar-refractivity contribution is 0.0786. The zero-order valence-electron chi connectivity index (χ0n) is 13.1. The van der Waals surface area contributed by atoms with Crippen molar-refractivity contribution in [2.24, 2.45) is 0 Å². The monoisotopic (exact) mass is 340 g/mol. The van der Waals surface area contributed by atoms with Crippen LogP contribution in [0.15, 0.2) is 29.5 Å². The second kappa shape index (κ2) is 7.21. The summed E-state index contributed by atoms with van der Waals surface area (Å²) in [5, 5.41) is 8.42. The van der Waals surface area contributed by atoms with E-state index in [-0.39, 0.29) is 11.3 Å². The highest BCUT2D eigenvalue weighted by Gasteiger charge is 2.12. The van der Waals surface area contributed by atoms with Crippen LogP contribution in [0.3, 0.4) is 0 Å². The first-order valence-electron chi connectivity index (χ1n) is 7.14. The van der Waals surface area contributed by atoms with Gasteiger partial charge in [0, 0.05) is 26.9 Å². The van der Waals surface area contributed by atoms with Crippen molar-refractivity contribution in [2.45, 2.75) is 38.3 Å². The molecule has 0 aliphatic heterocycles. The smallest absolute Gasteiger partial charge is 0.204 e. The Bertz CT molecular complexity index is 678. The number of ether oxygens (including phenoxy) is 1. The van der Waals surface area contributed by atoms with Gasteiger partial charge in [0.15, 0.2) is 0 Å². The molecule has 2 heterocycles. The highest BCUT2D eigenvalue weighted by Crippen LogP contribution is 2.08. The summed E-state index contributed by atoms with van der Waals surface area (Å²) in [7, 11) is -1.07. The van der Waals surface area contributed by atoms with E-state index in [1.807, 2.05) is 6.20 Å². The Morgan fingerprint density at radius 1 is 1.36 bits per heavy atom. The van der Waals surface area contributed by atoms with Gasteiger partial charge < -0.3 is 4.74 Å². The van der Waals surface area contributed by atoms with Gasteiger partial charge in [0.2, 0.25) is 5.43 Å². The van der Waals surface area contributed by atoms with Crippen LogP contribution in [0.4, 0.5) is 0 Å². The molecule has 0 saturated heterocycles. The van der Waals surface area contributed by atoms with Gasteiger partial charge in [-0.15, -0.1) is 11.6 Å². The number of rotatable bonds is 7. The second-order valence-corrected chi connectivity index (χ2v) is 12.2. The first-order valence-corrected chi connectivity index (χ1v) is 11.4. The maximum absolute atomic E-state index is 11.5. The van der Waals surface area contributed by atoms with Crippen molar-refractivity contribution in [1.29, 1.82) is 0 Å². The molecule has 0 aromatic carbocycles. The fourth-order valence-electron chi connectivity index (χ4n) is 1.76. The number of halogens is 1. The molecule has 0 unspecified atom stereocenters. The molecular weight excluding hydrogens is 320 g/mol. The molecule has 6 nitrogen and oxygen atoms in total. The van der Waals surface area contributed by atoms with Gasteiger partial charge in [0.25, 0.3) is 0 Å². The van der Waals surface area contributed by atoms with Gasteiger partial charge in [-0.25, -0.2) is 9.36 Å². The second-order valence-electron chi connectivity index (χ2n) is 6.29. The van der Waals surface area contributed by atoms with E-state index in [0.717, 1.165) is 18.3 Å². The summed E-state index contributed by atoms with van der Waals surface area (Å²) in [6.07, 6.45) is 5.10. The average molecular weight is 341 g/mol. The van der Waals surface area contributed by atoms with E-state index in [1.165, 1.54) is 6.07 Å². The van der Waals surface area contributed by atoms with Crippen LogP contribution >= 0.6 is 11.6 Å². The van der Waals surface area contributed by atoms with E-state index in [0.29, 0.717) is 12.4 Å². The summed E-state index contributed by atoms with van der Waals surface area (Å²) in [6.45, 7) is 8.11. The minimum absolute atomic E-state index is 0.0909. The summed E-state index contributed by atoms with van der Waals surface area (Å²) in [6, 6.07) is 2.58. The van der Waals surface area contributed by atoms with Crippen molar-refractivity contribution in [2.75, 3.05) is 6.61 Å². The molecule has 0 amide bonds. The van der Waals surface area contributed by atoms with E-state index in [1.54, 1.807) is 21.8 Å². The van der Waals surface area contributed by atoms with Crippen LogP contribution in [0.1, 0.15) is 5.69 Å². The number of aromatic nitrogens is 4. The zero-order valence-corrected chi connectivity index (χ0v) is 14.9. The van der Waals surface area contributed by atoms with Gasteiger partial charge in [0.1, 0.15) is 18.1 Å². The lowest BCUT2D eigenvalue weighted by Gasteiger charge is -2.15. The summed E-state index contributed by atoms with van der Waals surface area (Å²) in [5.74, 6) is 0.0909. The Labute approximate surface area is 135 Å². The van der Waals surface area contributed by atoms with E-state index < -0.39 is 8.07 Å². The molecule has 2 aromatic rings. The molecule has 2 aromatic heterocycles. The van der Waals surface area contributed by atoms with Crippen molar-refractivity contribution in [1.82, 2.24) is 19.6 Å². The van der Waals surface area contributed by atoms with Crippen LogP contribution in [0.2, 0.25) is 25.7 Å². The third kappa shape index (κ3) is 4.79. The molecule has 0 N–H and O–H groups in total. The molecule has 0 aliphatic carbocycles. The third-order valence-electron chi connectivity index (χ3n) is 3.11. The highest BCUT2D eigenvalue weighted by atomic mass is 35.5. The average Bonchev–Trinajstić information content (AvgIpc) is 2.92. The maximum atomic E-state index is 11.5. The van der Waals surface area contributed by atoms with Gasteiger partial charge in [-0.05, 0) is 6.04 Å². The van der Waals surface area contributed by atoms with E-state index in [9.17, 15) is 4.79 Å². The summed E-state index contributed by atoms with van der Waals surface area (Å²) < 4.78 is 8.94. The van der Waals surface area contributed by atoms with Crippen LogP contribution in [-0.4, -0.2) is 34.2 Å². The van der Waals surface area contributed by atoms with Gasteiger partial charge in [-0.1, -0.05) is 19.6 Å². The van der Waals surface area contributed by atoms with Crippen LogP contribution < -0.4 is 5.43 Å². The minimum atomic E-state index is -1.07. The Hall–Kier alpha value is -1.44. The molecule has 120 valence electrons. The Morgan fingerprint density at radius 2 is 2.14 bits per heavy atom. The Kier molecular flexibility index (Phi) is 5.55. The van der Waals surface area contributed by atoms with E-state index >= 15 is 0 Å². The standard InChI is InChI=1S/C14H21ClN4O2Si/c1-22(2,3)7-6-21-11-18-10-12(9-16-18)19-5-4-14(20)13(8-15)17-19/h4-5,9-10H,6-8,11H2,1-3H3. The summed E-state index contributed by atoms with van der Waals surface area (Å²) in [4.78, 5) is 11.5. The Morgan fingerprint density at radius 3 is 2.82 bits per heavy atom. The predicted octanol–water partition coefficient (Wildman–Crippen LogP) is 2.48. The minimum Gasteiger partial charge on any atom is -0.360 e. The number of nitrogens with zero attached hydrogens (tertiary/aromatic N) is 4. The number of hydrogen-bond acceptors (Lipinski definition) is 4. The van der Waals surface area contributed by atoms with E-state index in [4.69, 9.17) is 16.3 Å². The molecule has 0 radical (unpaired) electrons. The number of hydrogen-bond donors (Lipinski definition) is 0. The fourth-order valence-corrected chi connectivity index (χ4v) is 2.70. The molecular formula is C14H21ClN4O2Si. The van der Waals surface area contributed by atoms with Gasteiger partial charge in [-0.3, -0.25) is 4.79 Å². The fraction of sp³-hybridized carbons (Fsp3) is 0.500. The quantitative estimate of drug-likeness (QED) is 0.441. The normalized spacial score (nSPS) is 11.8. The third-order valence-corrected chi connectivity index (χ3v) is 5.07. The molecule has 0 saturated carbocycles. The van der Waals surface area contributed by atoms with Crippen LogP contribution in [0.25, 0.3) is 5.69 Å². The van der Waals surface area contributed by atoms with Crippen molar-refractivity contribution < 1.29 is 4.74 Å². The maximum Gasteiger partial charge on any atom is 0.204 e. The first-order chi connectivity index (χ1) is 10.4. The lowest BCUT2D eigenvalue weighted by atomic mass is 10.4. The van der Waals surface area contributed by atoms with Gasteiger partial charge in [-0.2, -0.15) is 10.2 Å². The molecule has 8 heteroatoms. The lowest BCUT2D eigenvalue weighted by Crippen LogP contribution is -2.22. The van der Waals surface area contributed by atoms with Gasteiger partial charge in [0.05, 0.1) is 18.3 Å². The molecule has 0 spiro atoms. The van der Waals surface area contributed by atoms with E-state index in [2.05, 4.69) is 29.8 Å².